The van der Waals surface area contributed by atoms with Crippen LogP contribution in [0.2, 0.25) is 0 Å². The monoisotopic (exact) mass is 398 g/mol. The Hall–Kier alpha value is -1.71. The van der Waals surface area contributed by atoms with Crippen LogP contribution in [-0.4, -0.2) is 50.5 Å². The van der Waals surface area contributed by atoms with Crippen LogP contribution in [0.25, 0.3) is 0 Å². The van der Waals surface area contributed by atoms with Gasteiger partial charge in [0.2, 0.25) is 10.0 Å². The van der Waals surface area contributed by atoms with Crippen molar-refractivity contribution >= 4 is 21.4 Å². The second kappa shape index (κ2) is 8.53. The van der Waals surface area contributed by atoms with E-state index in [-0.39, 0.29) is 22.2 Å². The number of sulfonamides is 1. The fraction of sp³-hybridized carbons (Fsp3) is 0.667. The lowest BCUT2D eigenvalue weighted by Gasteiger charge is -2.43. The highest BCUT2D eigenvalue weighted by Gasteiger charge is 2.34. The number of likely N-dealkylation sites (N-methyl/N-ethyl adjacent to an activating group) is 1. The largest absolute Gasteiger partial charge is 0.378 e. The molecule has 27 heavy (non-hydrogen) atoms. The maximum atomic E-state index is 12.3. The Morgan fingerprint density at radius 1 is 1.22 bits per heavy atom. The second-order valence-corrected chi connectivity index (χ2v) is 9.46. The summed E-state index contributed by atoms with van der Waals surface area (Å²) in [4.78, 5) is 13.1. The molecular weight excluding hydrogens is 368 g/mol. The summed E-state index contributed by atoms with van der Waals surface area (Å²) < 4.78 is 27.1. The van der Waals surface area contributed by atoms with Crippen LogP contribution in [0.3, 0.4) is 0 Å². The number of nitro groups is 1. The van der Waals surface area contributed by atoms with Gasteiger partial charge in [0.15, 0.2) is 0 Å². The van der Waals surface area contributed by atoms with E-state index in [1.165, 1.54) is 18.6 Å². The lowest BCUT2D eigenvalue weighted by Crippen LogP contribution is -2.51. The van der Waals surface area contributed by atoms with Crippen LogP contribution in [0.15, 0.2) is 23.1 Å². The maximum absolute atomic E-state index is 12.3. The molecule has 1 aliphatic carbocycles. The van der Waals surface area contributed by atoms with Crippen LogP contribution in [0.5, 0.6) is 0 Å². The van der Waals surface area contributed by atoms with Crippen molar-refractivity contribution in [2.75, 3.05) is 26.0 Å². The number of nitrogens with zero attached hydrogens (tertiary/aromatic N) is 2. The van der Waals surface area contributed by atoms with Gasteiger partial charge >= 0.3 is 0 Å². The van der Waals surface area contributed by atoms with E-state index in [2.05, 4.69) is 14.9 Å². The van der Waals surface area contributed by atoms with E-state index in [1.54, 1.807) is 13.8 Å². The molecule has 0 unspecified atom stereocenters. The number of nitrogens with one attached hydrogen (secondary N) is 2. The summed E-state index contributed by atoms with van der Waals surface area (Å²) in [5.41, 5.74) is 0.0671. The number of hydrogen-bond donors (Lipinski definition) is 2. The Balaban J connectivity index is 2.28. The number of anilines is 1. The fourth-order valence-corrected chi connectivity index (χ4v) is 4.88. The van der Waals surface area contributed by atoms with Crippen molar-refractivity contribution in [3.63, 3.8) is 0 Å². The second-order valence-electron chi connectivity index (χ2n) is 7.75. The van der Waals surface area contributed by atoms with Crippen molar-refractivity contribution < 1.29 is 13.3 Å². The molecule has 1 saturated carbocycles. The predicted octanol–water partition coefficient (Wildman–Crippen LogP) is 2.96. The fourth-order valence-electron chi connectivity index (χ4n) is 3.61. The predicted molar refractivity (Wildman–Crippen MR) is 107 cm³/mol. The van der Waals surface area contributed by atoms with Gasteiger partial charge < -0.3 is 10.2 Å². The highest BCUT2D eigenvalue weighted by Crippen LogP contribution is 2.34. The zero-order valence-corrected chi connectivity index (χ0v) is 17.3. The van der Waals surface area contributed by atoms with Gasteiger partial charge in [-0.15, -0.1) is 0 Å². The standard InChI is InChI=1S/C18H30N4O4S/c1-14(2)20-27(25,26)15-8-9-16(17(12-15)22(23)24)19-13-18(21(3)4)10-6-5-7-11-18/h8-9,12,14,19-20H,5-7,10-11,13H2,1-4H3. The lowest BCUT2D eigenvalue weighted by atomic mass is 9.80. The first-order valence-corrected chi connectivity index (χ1v) is 10.8. The van der Waals surface area contributed by atoms with Crippen LogP contribution < -0.4 is 10.0 Å². The highest BCUT2D eigenvalue weighted by molar-refractivity contribution is 7.89. The number of benzene rings is 1. The van der Waals surface area contributed by atoms with E-state index in [0.29, 0.717) is 12.2 Å². The third-order valence-electron chi connectivity index (χ3n) is 5.21. The molecule has 2 N–H and O–H groups in total. The summed E-state index contributed by atoms with van der Waals surface area (Å²) in [6.45, 7) is 3.98. The molecule has 0 aliphatic heterocycles. The van der Waals surface area contributed by atoms with Gasteiger partial charge in [0.25, 0.3) is 5.69 Å². The van der Waals surface area contributed by atoms with Crippen LogP contribution in [-0.2, 0) is 10.0 Å². The van der Waals surface area contributed by atoms with Gasteiger partial charge in [-0.2, -0.15) is 0 Å². The molecule has 0 saturated heterocycles. The van der Waals surface area contributed by atoms with E-state index in [9.17, 15) is 18.5 Å². The highest BCUT2D eigenvalue weighted by atomic mass is 32.2. The summed E-state index contributed by atoms with van der Waals surface area (Å²) in [7, 11) is 0.289. The van der Waals surface area contributed by atoms with E-state index >= 15 is 0 Å². The van der Waals surface area contributed by atoms with Gasteiger partial charge in [-0.25, -0.2) is 13.1 Å². The molecule has 152 valence electrons. The van der Waals surface area contributed by atoms with Crippen LogP contribution in [0.4, 0.5) is 11.4 Å². The van der Waals surface area contributed by atoms with Crippen LogP contribution in [0.1, 0.15) is 46.0 Å². The van der Waals surface area contributed by atoms with Crippen molar-refractivity contribution in [2.24, 2.45) is 0 Å². The quantitative estimate of drug-likeness (QED) is 0.515. The molecule has 0 heterocycles. The van der Waals surface area contributed by atoms with Gasteiger partial charge in [-0.3, -0.25) is 10.1 Å². The topological polar surface area (TPSA) is 105 Å². The van der Waals surface area contributed by atoms with Crippen molar-refractivity contribution in [1.29, 1.82) is 0 Å². The zero-order chi connectivity index (χ0) is 20.2. The van der Waals surface area contributed by atoms with Crippen LogP contribution in [0, 0.1) is 10.1 Å². The maximum Gasteiger partial charge on any atom is 0.293 e. The first-order chi connectivity index (χ1) is 12.6. The Morgan fingerprint density at radius 3 is 2.37 bits per heavy atom. The Morgan fingerprint density at radius 2 is 1.85 bits per heavy atom. The molecule has 1 aromatic rings. The molecule has 1 aromatic carbocycles. The normalized spacial score (nSPS) is 17.3. The van der Waals surface area contributed by atoms with E-state index < -0.39 is 14.9 Å². The Bertz CT molecular complexity index is 772. The Kier molecular flexibility index (Phi) is 6.82. The zero-order valence-electron chi connectivity index (χ0n) is 16.5. The smallest absolute Gasteiger partial charge is 0.293 e. The average molecular weight is 399 g/mol. The third-order valence-corrected chi connectivity index (χ3v) is 6.86. The molecule has 0 atom stereocenters. The van der Waals surface area contributed by atoms with E-state index in [1.807, 2.05) is 14.1 Å². The molecule has 9 heteroatoms. The van der Waals surface area contributed by atoms with Crippen molar-refractivity contribution in [3.05, 3.63) is 28.3 Å². The van der Waals surface area contributed by atoms with E-state index in [0.717, 1.165) is 31.7 Å². The minimum Gasteiger partial charge on any atom is -0.378 e. The van der Waals surface area contributed by atoms with Crippen LogP contribution >= 0.6 is 0 Å². The minimum absolute atomic E-state index is 0.0456. The summed E-state index contributed by atoms with van der Waals surface area (Å²) in [5, 5.41) is 14.7. The third kappa shape index (κ3) is 5.18. The minimum atomic E-state index is -3.78. The summed E-state index contributed by atoms with van der Waals surface area (Å²) in [6.07, 6.45) is 5.56. The van der Waals surface area contributed by atoms with Gasteiger partial charge in [-0.1, -0.05) is 19.3 Å². The van der Waals surface area contributed by atoms with Crippen molar-refractivity contribution in [1.82, 2.24) is 9.62 Å². The molecule has 0 amide bonds. The molecular formula is C18H30N4O4S. The molecule has 1 fully saturated rings. The lowest BCUT2D eigenvalue weighted by molar-refractivity contribution is -0.384. The van der Waals surface area contributed by atoms with E-state index in [4.69, 9.17) is 0 Å². The van der Waals surface area contributed by atoms with Crippen molar-refractivity contribution in [2.45, 2.75) is 62.4 Å². The number of rotatable bonds is 8. The van der Waals surface area contributed by atoms with Gasteiger partial charge in [0.05, 0.1) is 9.82 Å². The Labute approximate surface area is 161 Å². The summed E-state index contributed by atoms with van der Waals surface area (Å²) >= 11 is 0. The number of nitro benzene ring substituents is 1. The van der Waals surface area contributed by atoms with Crippen molar-refractivity contribution in [3.8, 4) is 0 Å². The number of hydrogen-bond acceptors (Lipinski definition) is 6. The molecule has 0 bridgehead atoms. The summed E-state index contributed by atoms with van der Waals surface area (Å²) in [5.74, 6) is 0. The molecule has 0 aromatic heterocycles. The SMILES string of the molecule is CC(C)NS(=O)(=O)c1ccc(NCC2(N(C)C)CCCCC2)c([N+](=O)[O-])c1. The van der Waals surface area contributed by atoms with Gasteiger partial charge in [0, 0.05) is 24.2 Å². The molecule has 0 spiro atoms. The molecule has 0 radical (unpaired) electrons. The average Bonchev–Trinajstić information content (AvgIpc) is 2.59. The first kappa shape index (κ1) is 21.6. The first-order valence-electron chi connectivity index (χ1n) is 9.29. The summed E-state index contributed by atoms with van der Waals surface area (Å²) in [6, 6.07) is 3.72. The van der Waals surface area contributed by atoms with Gasteiger partial charge in [0.1, 0.15) is 5.69 Å². The molecule has 2 rings (SSSR count). The van der Waals surface area contributed by atoms with Gasteiger partial charge in [-0.05, 0) is 52.9 Å². The molecule has 1 aliphatic rings. The molecule has 8 nitrogen and oxygen atoms in total.